The van der Waals surface area contributed by atoms with E-state index < -0.39 is 5.62 Å². The van der Waals surface area contributed by atoms with Gasteiger partial charge in [-0.05, 0) is 24.6 Å². The number of rotatable bonds is 9. The summed E-state index contributed by atoms with van der Waals surface area (Å²) >= 11 is 2.59. The standard InChI is InChI=1S/C12H20O6S2/c13-11-17-9(7-19-11)5-15-3-1-2-4-16-6-10-8-20-12(14)18-10/h9-11,13H,1-8H2. The zero-order chi connectivity index (χ0) is 14.2. The lowest BCUT2D eigenvalue weighted by Gasteiger charge is -2.11. The fourth-order valence-corrected chi connectivity index (χ4v) is 3.29. The van der Waals surface area contributed by atoms with Crippen molar-refractivity contribution in [2.24, 2.45) is 0 Å². The molecule has 0 bridgehead atoms. The summed E-state index contributed by atoms with van der Waals surface area (Å²) in [7, 11) is 0. The van der Waals surface area contributed by atoms with Crippen LogP contribution < -0.4 is 0 Å². The van der Waals surface area contributed by atoms with Gasteiger partial charge in [-0.25, -0.2) is 4.79 Å². The first-order chi connectivity index (χ1) is 9.74. The fraction of sp³-hybridized carbons (Fsp3) is 0.917. The molecule has 1 N–H and O–H groups in total. The van der Waals surface area contributed by atoms with Gasteiger partial charge in [0, 0.05) is 24.7 Å². The van der Waals surface area contributed by atoms with E-state index in [4.69, 9.17) is 24.1 Å². The summed E-state index contributed by atoms with van der Waals surface area (Å²) in [5.41, 5.74) is -0.695. The summed E-state index contributed by atoms with van der Waals surface area (Å²) in [6, 6.07) is 0. The molecule has 2 aliphatic heterocycles. The van der Waals surface area contributed by atoms with E-state index in [1.807, 2.05) is 0 Å². The van der Waals surface area contributed by atoms with Crippen molar-refractivity contribution in [1.82, 2.24) is 0 Å². The highest BCUT2D eigenvalue weighted by molar-refractivity contribution is 8.13. The van der Waals surface area contributed by atoms with Crippen LogP contribution in [0.5, 0.6) is 0 Å². The van der Waals surface area contributed by atoms with Gasteiger partial charge in [0.25, 0.3) is 0 Å². The largest absolute Gasteiger partial charge is 0.451 e. The molecule has 3 unspecified atom stereocenters. The Hall–Kier alpha value is 0.01000. The molecular weight excluding hydrogens is 304 g/mol. The molecule has 2 rings (SSSR count). The lowest BCUT2D eigenvalue weighted by Crippen LogP contribution is -2.19. The first kappa shape index (κ1) is 16.4. The summed E-state index contributed by atoms with van der Waals surface area (Å²) in [6.45, 7) is 2.32. The van der Waals surface area contributed by atoms with Gasteiger partial charge in [-0.2, -0.15) is 0 Å². The number of aliphatic hydroxyl groups is 1. The van der Waals surface area contributed by atoms with Crippen molar-refractivity contribution in [3.8, 4) is 0 Å². The van der Waals surface area contributed by atoms with Crippen LogP contribution in [0.1, 0.15) is 12.8 Å². The third-order valence-electron chi connectivity index (χ3n) is 2.82. The molecular formula is C12H20O6S2. The number of carbonyl (C=O) groups is 1. The van der Waals surface area contributed by atoms with Gasteiger partial charge in [0.05, 0.1) is 19.3 Å². The van der Waals surface area contributed by atoms with Gasteiger partial charge in [-0.15, -0.1) is 0 Å². The molecule has 0 spiro atoms. The average molecular weight is 324 g/mol. The van der Waals surface area contributed by atoms with E-state index in [9.17, 15) is 4.79 Å². The molecule has 0 radical (unpaired) electrons. The number of cyclic esters (lactones) is 1. The van der Waals surface area contributed by atoms with Crippen molar-refractivity contribution in [2.75, 3.05) is 37.9 Å². The topological polar surface area (TPSA) is 74.2 Å². The zero-order valence-corrected chi connectivity index (χ0v) is 12.8. The molecule has 3 atom stereocenters. The smallest absolute Gasteiger partial charge is 0.367 e. The van der Waals surface area contributed by atoms with E-state index in [2.05, 4.69) is 0 Å². The third kappa shape index (κ3) is 6.19. The van der Waals surface area contributed by atoms with Gasteiger partial charge < -0.3 is 24.1 Å². The van der Waals surface area contributed by atoms with E-state index in [1.165, 1.54) is 23.5 Å². The molecule has 0 amide bonds. The SMILES string of the molecule is O=C1OC(COCCCCOCC2CSC(O)O2)CS1. The maximum atomic E-state index is 10.8. The van der Waals surface area contributed by atoms with Gasteiger partial charge >= 0.3 is 5.30 Å². The lowest BCUT2D eigenvalue weighted by atomic mass is 10.3. The molecule has 2 fully saturated rings. The molecule has 0 aromatic carbocycles. The molecule has 0 saturated carbocycles. The Morgan fingerprint density at radius 2 is 1.85 bits per heavy atom. The van der Waals surface area contributed by atoms with Crippen molar-refractivity contribution < 1.29 is 28.8 Å². The van der Waals surface area contributed by atoms with E-state index >= 15 is 0 Å². The average Bonchev–Trinajstić information content (AvgIpc) is 3.02. The van der Waals surface area contributed by atoms with Gasteiger partial charge in [0.1, 0.15) is 6.10 Å². The predicted octanol–water partition coefficient (Wildman–Crippen LogP) is 1.46. The summed E-state index contributed by atoms with van der Waals surface area (Å²) < 4.78 is 21.1. The predicted molar refractivity (Wildman–Crippen MR) is 76.9 cm³/mol. The number of aliphatic hydroxyl groups excluding tert-OH is 1. The van der Waals surface area contributed by atoms with E-state index in [0.29, 0.717) is 32.2 Å². The van der Waals surface area contributed by atoms with Crippen molar-refractivity contribution in [3.63, 3.8) is 0 Å². The van der Waals surface area contributed by atoms with Crippen LogP contribution in [0.3, 0.4) is 0 Å². The van der Waals surface area contributed by atoms with E-state index in [1.54, 1.807) is 0 Å². The third-order valence-corrected chi connectivity index (χ3v) is 4.65. The second kappa shape index (κ2) is 9.11. The number of carbonyl (C=O) groups excluding carboxylic acids is 1. The van der Waals surface area contributed by atoms with Crippen LogP contribution in [-0.4, -0.2) is 66.2 Å². The van der Waals surface area contributed by atoms with E-state index in [0.717, 1.165) is 18.6 Å². The molecule has 0 aromatic heterocycles. The molecule has 116 valence electrons. The lowest BCUT2D eigenvalue weighted by molar-refractivity contribution is -0.0812. The second-order valence-corrected chi connectivity index (χ2v) is 6.58. The highest BCUT2D eigenvalue weighted by atomic mass is 32.2. The van der Waals surface area contributed by atoms with Crippen molar-refractivity contribution >= 4 is 28.8 Å². The zero-order valence-electron chi connectivity index (χ0n) is 11.2. The van der Waals surface area contributed by atoms with Gasteiger partial charge in [0.2, 0.25) is 5.62 Å². The molecule has 0 aliphatic carbocycles. The first-order valence-electron chi connectivity index (χ1n) is 6.68. The van der Waals surface area contributed by atoms with Crippen LogP contribution in [0.25, 0.3) is 0 Å². The van der Waals surface area contributed by atoms with Crippen LogP contribution in [0, 0.1) is 0 Å². The van der Waals surface area contributed by atoms with Gasteiger partial charge in [-0.3, -0.25) is 0 Å². The van der Waals surface area contributed by atoms with Gasteiger partial charge in [-0.1, -0.05) is 11.8 Å². The monoisotopic (exact) mass is 324 g/mol. The normalized spacial score (nSPS) is 29.9. The Labute approximate surface area is 126 Å². The number of hydrogen-bond donors (Lipinski definition) is 1. The van der Waals surface area contributed by atoms with Crippen LogP contribution in [0.2, 0.25) is 0 Å². The maximum absolute atomic E-state index is 10.8. The Morgan fingerprint density at radius 3 is 2.40 bits per heavy atom. The highest BCUT2D eigenvalue weighted by Crippen LogP contribution is 2.22. The van der Waals surface area contributed by atoms with Crippen molar-refractivity contribution in [2.45, 2.75) is 30.7 Å². The molecule has 20 heavy (non-hydrogen) atoms. The van der Waals surface area contributed by atoms with Crippen molar-refractivity contribution in [1.29, 1.82) is 0 Å². The fourth-order valence-electron chi connectivity index (χ4n) is 1.81. The van der Waals surface area contributed by atoms with Crippen LogP contribution in [-0.2, 0) is 18.9 Å². The second-order valence-electron chi connectivity index (χ2n) is 4.56. The molecule has 0 aromatic rings. The Morgan fingerprint density at radius 1 is 1.15 bits per heavy atom. The minimum absolute atomic E-state index is 0.000743. The maximum Gasteiger partial charge on any atom is 0.367 e. The summed E-state index contributed by atoms with van der Waals surface area (Å²) in [4.78, 5) is 10.8. The molecule has 8 heteroatoms. The van der Waals surface area contributed by atoms with E-state index in [-0.39, 0.29) is 17.5 Å². The summed E-state index contributed by atoms with van der Waals surface area (Å²) in [6.07, 6.45) is 1.74. The first-order valence-corrected chi connectivity index (χ1v) is 8.71. The summed E-state index contributed by atoms with van der Waals surface area (Å²) in [5, 5.41) is 8.94. The quantitative estimate of drug-likeness (QED) is 0.505. The molecule has 2 saturated heterocycles. The number of thioether (sulfide) groups is 2. The highest BCUT2D eigenvalue weighted by Gasteiger charge is 2.24. The van der Waals surface area contributed by atoms with Crippen LogP contribution in [0.4, 0.5) is 4.79 Å². The van der Waals surface area contributed by atoms with Crippen LogP contribution >= 0.6 is 23.5 Å². The van der Waals surface area contributed by atoms with Gasteiger partial charge in [0.15, 0.2) is 0 Å². The number of unbranched alkanes of at least 4 members (excludes halogenated alkanes) is 1. The minimum atomic E-state index is -0.695. The number of ether oxygens (including phenoxy) is 4. The Kier molecular flexibility index (Phi) is 7.47. The van der Waals surface area contributed by atoms with Crippen LogP contribution in [0.15, 0.2) is 0 Å². The van der Waals surface area contributed by atoms with Crippen molar-refractivity contribution in [3.05, 3.63) is 0 Å². The number of hydrogen-bond acceptors (Lipinski definition) is 8. The molecule has 2 heterocycles. The minimum Gasteiger partial charge on any atom is -0.451 e. The molecule has 6 nitrogen and oxygen atoms in total. The Balaban J connectivity index is 1.34. The molecule has 2 aliphatic rings. The summed E-state index contributed by atoms with van der Waals surface area (Å²) in [5.74, 6) is 1.47. The Bertz CT molecular complexity index is 304.